The van der Waals surface area contributed by atoms with Crippen LogP contribution in [0.4, 0.5) is 5.69 Å². The highest BCUT2D eigenvalue weighted by Crippen LogP contribution is 2.13. The summed E-state index contributed by atoms with van der Waals surface area (Å²) in [6.07, 6.45) is 0.366. The Hall–Kier alpha value is -1.27. The van der Waals surface area contributed by atoms with Crippen molar-refractivity contribution in [3.8, 4) is 0 Å². The zero-order valence-electron chi connectivity index (χ0n) is 7.25. The minimum Gasteiger partial charge on any atom is -0.306 e. The summed E-state index contributed by atoms with van der Waals surface area (Å²) in [6, 6.07) is 6.06. The number of nitro groups is 1. The van der Waals surface area contributed by atoms with Crippen molar-refractivity contribution in [3.63, 3.8) is 0 Å². The maximum Gasteiger partial charge on any atom is 0.269 e. The first kappa shape index (κ1) is 10.8. The molecule has 0 aliphatic heterocycles. The van der Waals surface area contributed by atoms with Crippen molar-refractivity contribution in [1.29, 1.82) is 0 Å². The van der Waals surface area contributed by atoms with E-state index < -0.39 is 16.0 Å². The average Bonchev–Trinajstić information content (AvgIpc) is 2.15. The molecule has 76 valence electrons. The molecule has 6 heteroatoms. The number of non-ortho nitro benzene ring substituents is 1. The van der Waals surface area contributed by atoms with Crippen LogP contribution >= 0.6 is 0 Å². The molecule has 0 aromatic heterocycles. The number of hydrogen-bond donors (Lipinski definition) is 1. The van der Waals surface area contributed by atoms with Crippen molar-refractivity contribution in [2.24, 2.45) is 0 Å². The van der Waals surface area contributed by atoms with E-state index in [-0.39, 0.29) is 11.4 Å². The fraction of sp³-hybridized carbons (Fsp3) is 0.250. The molecular weight excluding hydrogens is 206 g/mol. The van der Waals surface area contributed by atoms with E-state index in [1.165, 1.54) is 12.1 Å². The summed E-state index contributed by atoms with van der Waals surface area (Å²) in [4.78, 5) is 9.90. The molecule has 0 spiro atoms. The molecule has 5 nitrogen and oxygen atoms in total. The molecule has 1 aromatic carbocycles. The third-order valence-electron chi connectivity index (χ3n) is 1.69. The van der Waals surface area contributed by atoms with Crippen LogP contribution in [-0.4, -0.2) is 19.4 Å². The maximum absolute atomic E-state index is 10.4. The Bertz CT molecular complexity index is 366. The molecule has 0 amide bonds. The molecule has 1 atom stereocenters. The van der Waals surface area contributed by atoms with Crippen LogP contribution in [0.15, 0.2) is 24.3 Å². The van der Waals surface area contributed by atoms with Crippen LogP contribution in [0.3, 0.4) is 0 Å². The molecule has 1 N–H and O–H groups in total. The van der Waals surface area contributed by atoms with Gasteiger partial charge in [-0.15, -0.1) is 0 Å². The van der Waals surface area contributed by atoms with Crippen molar-refractivity contribution in [2.45, 2.75) is 6.42 Å². The summed E-state index contributed by atoms with van der Waals surface area (Å²) in [7, 11) is 0. The van der Waals surface area contributed by atoms with Gasteiger partial charge < -0.3 is 4.55 Å². The van der Waals surface area contributed by atoms with E-state index in [0.29, 0.717) is 12.0 Å². The highest BCUT2D eigenvalue weighted by molar-refractivity contribution is 7.79. The van der Waals surface area contributed by atoms with Gasteiger partial charge in [0.2, 0.25) is 0 Å². The summed E-state index contributed by atoms with van der Waals surface area (Å²) < 4.78 is 18.9. The van der Waals surface area contributed by atoms with Gasteiger partial charge >= 0.3 is 0 Å². The van der Waals surface area contributed by atoms with Gasteiger partial charge in [-0.2, -0.15) is 0 Å². The minimum atomic E-state index is -1.85. The van der Waals surface area contributed by atoms with E-state index in [2.05, 4.69) is 0 Å². The van der Waals surface area contributed by atoms with Crippen LogP contribution < -0.4 is 0 Å². The van der Waals surface area contributed by atoms with E-state index in [9.17, 15) is 14.3 Å². The molecule has 0 aliphatic rings. The van der Waals surface area contributed by atoms with Gasteiger partial charge in [-0.25, -0.2) is 4.21 Å². The monoisotopic (exact) mass is 215 g/mol. The zero-order valence-corrected chi connectivity index (χ0v) is 8.07. The minimum absolute atomic E-state index is 0.00576. The fourth-order valence-electron chi connectivity index (χ4n) is 1.03. The van der Waals surface area contributed by atoms with Gasteiger partial charge in [-0.1, -0.05) is 12.1 Å². The van der Waals surface area contributed by atoms with Gasteiger partial charge in [0, 0.05) is 12.1 Å². The number of rotatable bonds is 4. The predicted octanol–water partition coefficient (Wildman–Crippen LogP) is 1.36. The predicted molar refractivity (Wildman–Crippen MR) is 52.4 cm³/mol. The lowest BCUT2D eigenvalue weighted by molar-refractivity contribution is -0.384. The summed E-state index contributed by atoms with van der Waals surface area (Å²) in [5, 5.41) is 10.4. The van der Waals surface area contributed by atoms with Crippen LogP contribution in [0.25, 0.3) is 0 Å². The Labute approximate surface area is 83.2 Å². The molecule has 0 saturated heterocycles. The highest BCUT2D eigenvalue weighted by Gasteiger charge is 2.05. The fourth-order valence-corrected chi connectivity index (χ4v) is 1.44. The Morgan fingerprint density at radius 3 is 2.79 bits per heavy atom. The number of benzene rings is 1. The molecule has 1 aromatic rings. The Morgan fingerprint density at radius 1 is 1.50 bits per heavy atom. The second kappa shape index (κ2) is 4.83. The zero-order chi connectivity index (χ0) is 10.6. The topological polar surface area (TPSA) is 80.4 Å². The Kier molecular flexibility index (Phi) is 3.73. The molecule has 0 aliphatic carbocycles. The van der Waals surface area contributed by atoms with Crippen molar-refractivity contribution >= 4 is 16.8 Å². The van der Waals surface area contributed by atoms with E-state index in [1.807, 2.05) is 0 Å². The number of nitrogens with zero attached hydrogens (tertiary/aromatic N) is 1. The van der Waals surface area contributed by atoms with Crippen molar-refractivity contribution in [2.75, 3.05) is 5.75 Å². The van der Waals surface area contributed by atoms with Crippen LogP contribution in [0.1, 0.15) is 5.56 Å². The third-order valence-corrected chi connectivity index (χ3v) is 2.24. The summed E-state index contributed by atoms with van der Waals surface area (Å²) in [6.45, 7) is 0. The van der Waals surface area contributed by atoms with Gasteiger partial charge in [-0.3, -0.25) is 10.1 Å². The summed E-state index contributed by atoms with van der Waals surface area (Å²) >= 11 is -1.85. The van der Waals surface area contributed by atoms with Crippen LogP contribution in [0, 0.1) is 10.1 Å². The van der Waals surface area contributed by atoms with Crippen LogP contribution in [0.2, 0.25) is 0 Å². The van der Waals surface area contributed by atoms with Gasteiger partial charge in [0.05, 0.1) is 10.7 Å². The molecule has 0 radical (unpaired) electrons. The normalized spacial score (nSPS) is 12.4. The lowest BCUT2D eigenvalue weighted by atomic mass is 10.1. The largest absolute Gasteiger partial charge is 0.306 e. The van der Waals surface area contributed by atoms with Gasteiger partial charge in [-0.05, 0) is 12.0 Å². The molecule has 1 unspecified atom stereocenters. The summed E-state index contributed by atoms with van der Waals surface area (Å²) in [5.41, 5.74) is 0.702. The second-order valence-electron chi connectivity index (χ2n) is 2.70. The first-order valence-corrected chi connectivity index (χ1v) is 5.18. The first-order valence-electron chi connectivity index (χ1n) is 3.90. The van der Waals surface area contributed by atoms with Crippen molar-refractivity contribution in [3.05, 3.63) is 39.9 Å². The maximum atomic E-state index is 10.4. The smallest absolute Gasteiger partial charge is 0.269 e. The first-order chi connectivity index (χ1) is 6.59. The SMILES string of the molecule is O=[N+]([O-])c1cccc(CCS(=O)O)c1. The van der Waals surface area contributed by atoms with Gasteiger partial charge in [0.25, 0.3) is 5.69 Å². The van der Waals surface area contributed by atoms with E-state index in [1.54, 1.807) is 12.1 Å². The Morgan fingerprint density at radius 2 is 2.21 bits per heavy atom. The standard InChI is InChI=1S/C8H9NO4S/c10-9(11)8-3-1-2-7(6-8)4-5-14(12)13/h1-3,6H,4-5H2,(H,12,13). The molecule has 0 bridgehead atoms. The second-order valence-corrected chi connectivity index (χ2v) is 3.75. The Balaban J connectivity index is 2.73. The molecule has 1 rings (SSSR count). The van der Waals surface area contributed by atoms with E-state index >= 15 is 0 Å². The lowest BCUT2D eigenvalue weighted by Gasteiger charge is -1.98. The molecule has 0 heterocycles. The van der Waals surface area contributed by atoms with Crippen LogP contribution in [0.5, 0.6) is 0 Å². The van der Waals surface area contributed by atoms with E-state index in [0.717, 1.165) is 0 Å². The number of aryl methyl sites for hydroxylation is 1. The quantitative estimate of drug-likeness (QED) is 0.467. The number of nitro benzene ring substituents is 1. The number of hydrogen-bond acceptors (Lipinski definition) is 3. The lowest BCUT2D eigenvalue weighted by Crippen LogP contribution is -1.99. The third kappa shape index (κ3) is 3.23. The van der Waals surface area contributed by atoms with Crippen LogP contribution in [-0.2, 0) is 17.5 Å². The van der Waals surface area contributed by atoms with E-state index in [4.69, 9.17) is 4.55 Å². The summed E-state index contributed by atoms with van der Waals surface area (Å²) in [5.74, 6) is 0.0984. The van der Waals surface area contributed by atoms with Crippen molar-refractivity contribution < 1.29 is 13.7 Å². The van der Waals surface area contributed by atoms with Crippen molar-refractivity contribution in [1.82, 2.24) is 0 Å². The average molecular weight is 215 g/mol. The van der Waals surface area contributed by atoms with Gasteiger partial charge in [0.15, 0.2) is 11.1 Å². The molecule has 0 saturated carbocycles. The van der Waals surface area contributed by atoms with Gasteiger partial charge in [0.1, 0.15) is 0 Å². The molecule has 14 heavy (non-hydrogen) atoms. The molecular formula is C8H9NO4S. The molecule has 0 fully saturated rings. The highest BCUT2D eigenvalue weighted by atomic mass is 32.2.